The number of nitrogen functional groups attached to an aromatic ring is 1. The topological polar surface area (TPSA) is 153 Å². The summed E-state index contributed by atoms with van der Waals surface area (Å²) in [6, 6.07) is 17.2. The second-order valence-electron chi connectivity index (χ2n) is 15.8. The number of fused-ring (bicyclic) bond motifs is 1. The molecule has 14 heteroatoms. The molecule has 0 amide bonds. The summed E-state index contributed by atoms with van der Waals surface area (Å²) in [4.78, 5) is 26.0. The summed E-state index contributed by atoms with van der Waals surface area (Å²) in [5.41, 5.74) is 6.24. The molecule has 0 bridgehead atoms. The lowest BCUT2D eigenvalue weighted by atomic mass is 10.0. The molecule has 12 nitrogen and oxygen atoms in total. The average molecular weight is 839 g/mol. The first kappa shape index (κ1) is 47.8. The number of nitrogens with zero attached hydrogens (tertiary/aromatic N) is 4. The number of para-hydroxylation sites is 1. The van der Waals surface area contributed by atoms with E-state index in [2.05, 4.69) is 33.9 Å². The van der Waals surface area contributed by atoms with E-state index in [1.165, 1.54) is 77.6 Å². The molecule has 1 unspecified atom stereocenters. The van der Waals surface area contributed by atoms with Gasteiger partial charge in [0.05, 0.1) is 18.5 Å². The lowest BCUT2D eigenvalue weighted by molar-refractivity contribution is -0.152. The van der Waals surface area contributed by atoms with Crippen molar-refractivity contribution >= 4 is 30.7 Å². The highest BCUT2D eigenvalue weighted by Crippen LogP contribution is 2.46. The van der Waals surface area contributed by atoms with E-state index >= 15 is 0 Å². The van der Waals surface area contributed by atoms with E-state index in [1.54, 1.807) is 35.8 Å². The van der Waals surface area contributed by atoms with Gasteiger partial charge in [-0.1, -0.05) is 139 Å². The van der Waals surface area contributed by atoms with Crippen LogP contribution in [0.1, 0.15) is 135 Å². The molecule has 2 heterocycles. The highest BCUT2D eigenvalue weighted by Gasteiger charge is 2.38. The quantitative estimate of drug-likeness (QED) is 0.0215. The zero-order chi connectivity index (χ0) is 42.4. The molecule has 4 aromatic rings. The number of ether oxygens (including phenoxy) is 2. The number of nitrogens with one attached hydrogen (secondary N) is 1. The molecular weight excluding hydrogens is 771 g/mol. The minimum absolute atomic E-state index is 0.0559. The average Bonchev–Trinajstić information content (AvgIpc) is 3.65. The molecule has 0 saturated carbocycles. The fourth-order valence-electron chi connectivity index (χ4n) is 7.01. The van der Waals surface area contributed by atoms with Crippen molar-refractivity contribution in [3.63, 3.8) is 0 Å². The Labute approximate surface area is 351 Å². The summed E-state index contributed by atoms with van der Waals surface area (Å²) in [6.45, 7) is 6.35. The molecule has 59 heavy (non-hydrogen) atoms. The predicted octanol–water partition coefficient (Wildman–Crippen LogP) is 10.9. The fraction of sp³-hybridized carbons (Fsp3) is 0.600. The van der Waals surface area contributed by atoms with E-state index in [1.807, 2.05) is 36.4 Å². The number of halogens is 1. The third kappa shape index (κ3) is 16.9. The molecule has 0 aliphatic heterocycles. The Hall–Kier alpha value is -3.90. The van der Waals surface area contributed by atoms with Crippen LogP contribution in [0.25, 0.3) is 11.2 Å². The summed E-state index contributed by atoms with van der Waals surface area (Å²) in [7, 11) is -2.77. The van der Waals surface area contributed by atoms with Crippen LogP contribution >= 0.6 is 7.75 Å². The molecule has 0 spiro atoms. The third-order valence-electron chi connectivity index (χ3n) is 10.8. The summed E-state index contributed by atoms with van der Waals surface area (Å²) in [5, 5.41) is 3.02. The highest BCUT2D eigenvalue weighted by molar-refractivity contribution is 7.52. The van der Waals surface area contributed by atoms with Gasteiger partial charge in [-0.15, -0.1) is 0 Å². The molecule has 0 aliphatic rings. The zero-order valence-electron chi connectivity index (χ0n) is 35.8. The van der Waals surface area contributed by atoms with E-state index in [0.29, 0.717) is 18.7 Å². The Kier molecular flexibility index (Phi) is 20.8. The standard InChI is InChI=1S/C45H68FN6O6P/c1-5-7-9-11-13-15-21-27-37(28-22-16-14-12-10-8-6-2)57-43(53)39(33-36-25-19-17-20-26-36)51-59(54,58-38-29-23-18-24-30-38)56-34-45(3,55-4)31-32-52-35-48-40-41(47)49-44(46)50-42(40)52/h17-20,23-26,29-30,35,37,39H,5-16,21-22,27-28,31-34H2,1-4H3,(H,51,54)(H2,47,49,50)/t39-,45-,59?/m0/s1. The largest absolute Gasteiger partial charge is 0.461 e. The third-order valence-corrected chi connectivity index (χ3v) is 12.3. The van der Waals surface area contributed by atoms with Crippen molar-refractivity contribution in [3.05, 3.63) is 78.6 Å². The van der Waals surface area contributed by atoms with Gasteiger partial charge in [-0.3, -0.25) is 9.32 Å². The van der Waals surface area contributed by atoms with Crippen molar-refractivity contribution < 1.29 is 32.3 Å². The Morgan fingerprint density at radius 2 is 1.44 bits per heavy atom. The molecule has 3 atom stereocenters. The van der Waals surface area contributed by atoms with E-state index in [9.17, 15) is 13.8 Å². The summed E-state index contributed by atoms with van der Waals surface area (Å²) < 4.78 is 55.2. The van der Waals surface area contributed by atoms with E-state index in [0.717, 1.165) is 44.1 Å². The normalized spacial score (nSPS) is 14.3. The maximum Gasteiger partial charge on any atom is 0.459 e. The van der Waals surface area contributed by atoms with Crippen LogP contribution in [0, 0.1) is 6.08 Å². The molecule has 4 rings (SSSR count). The van der Waals surface area contributed by atoms with Crippen LogP contribution in [-0.4, -0.2) is 57.0 Å². The molecule has 0 saturated heterocycles. The van der Waals surface area contributed by atoms with Crippen LogP contribution in [0.2, 0.25) is 0 Å². The Bertz CT molecular complexity index is 1820. The molecule has 0 fully saturated rings. The van der Waals surface area contributed by atoms with Crippen LogP contribution in [0.3, 0.4) is 0 Å². The van der Waals surface area contributed by atoms with E-state index < -0.39 is 31.4 Å². The maximum absolute atomic E-state index is 15.0. The van der Waals surface area contributed by atoms with E-state index in [-0.39, 0.29) is 36.1 Å². The molecule has 2 aromatic carbocycles. The molecule has 326 valence electrons. The van der Waals surface area contributed by atoms with Crippen molar-refractivity contribution in [2.75, 3.05) is 19.5 Å². The smallest absolute Gasteiger partial charge is 0.459 e. The summed E-state index contributed by atoms with van der Waals surface area (Å²) in [5.74, 6) is -0.255. The number of carbonyl (C=O) groups excluding carboxylic acids is 1. The Balaban J connectivity index is 1.52. The van der Waals surface area contributed by atoms with Gasteiger partial charge in [0.15, 0.2) is 11.5 Å². The lowest BCUT2D eigenvalue weighted by Crippen LogP contribution is -2.42. The van der Waals surface area contributed by atoms with Gasteiger partial charge in [-0.25, -0.2) is 9.55 Å². The number of benzene rings is 2. The van der Waals surface area contributed by atoms with E-state index in [4.69, 9.17) is 24.3 Å². The van der Waals surface area contributed by atoms with Gasteiger partial charge in [0.1, 0.15) is 23.4 Å². The number of anilines is 1. The summed E-state index contributed by atoms with van der Waals surface area (Å²) >= 11 is 0. The van der Waals surface area contributed by atoms with Crippen LogP contribution in [0.15, 0.2) is 67.0 Å². The number of methoxy groups -OCH3 is 1. The number of aryl methyl sites for hydroxylation is 1. The van der Waals surface area contributed by atoms with Crippen molar-refractivity contribution in [2.45, 2.75) is 161 Å². The SMILES string of the molecule is CCCCCCCCCC(CCCCCCCCC)OC(=O)[C@H](Cc1ccccc1)NP(=O)(OC[C@](C)(CCn1cnc2c(N)nc(F)nc21)OC)Oc1ccccc1. The number of carbonyl (C=O) groups is 1. The van der Waals surface area contributed by atoms with Crippen molar-refractivity contribution in [1.29, 1.82) is 0 Å². The molecule has 0 aliphatic carbocycles. The van der Waals surface area contributed by atoms with Crippen LogP contribution in [-0.2, 0) is 36.3 Å². The first-order valence-corrected chi connectivity index (χ1v) is 23.3. The Morgan fingerprint density at radius 3 is 2.03 bits per heavy atom. The second-order valence-corrected chi connectivity index (χ2v) is 17.5. The first-order chi connectivity index (χ1) is 28.6. The molecule has 2 aromatic heterocycles. The number of nitrogens with two attached hydrogens (primary N) is 1. The summed E-state index contributed by atoms with van der Waals surface area (Å²) in [6.07, 6.45) is 18.8. The molecular formula is C45H68FN6O6P. The number of hydrogen-bond acceptors (Lipinski definition) is 10. The molecule has 3 N–H and O–H groups in total. The minimum Gasteiger partial charge on any atom is -0.461 e. The van der Waals surface area contributed by atoms with Crippen molar-refractivity contribution in [3.8, 4) is 5.75 Å². The number of imidazole rings is 1. The van der Waals surface area contributed by atoms with Crippen LogP contribution in [0.4, 0.5) is 10.2 Å². The highest BCUT2D eigenvalue weighted by atomic mass is 31.2. The Morgan fingerprint density at radius 1 is 0.864 bits per heavy atom. The minimum atomic E-state index is -4.29. The second kappa shape index (κ2) is 25.7. The molecule has 0 radical (unpaired) electrons. The number of hydrogen-bond donors (Lipinski definition) is 2. The van der Waals surface area contributed by atoms with Gasteiger partial charge in [0, 0.05) is 13.7 Å². The zero-order valence-corrected chi connectivity index (χ0v) is 36.7. The fourth-order valence-corrected chi connectivity index (χ4v) is 8.61. The number of aromatic nitrogens is 4. The van der Waals surface area contributed by atoms with Gasteiger partial charge >= 0.3 is 19.8 Å². The van der Waals surface area contributed by atoms with Gasteiger partial charge in [0.2, 0.25) is 0 Å². The van der Waals surface area contributed by atoms with Gasteiger partial charge in [0.25, 0.3) is 0 Å². The number of esters is 1. The predicted molar refractivity (Wildman–Crippen MR) is 233 cm³/mol. The monoisotopic (exact) mass is 838 g/mol. The number of unbranched alkanes of at least 4 members (excludes halogenated alkanes) is 12. The maximum atomic E-state index is 15.0. The number of rotatable bonds is 31. The van der Waals surface area contributed by atoms with Crippen LogP contribution in [0.5, 0.6) is 5.75 Å². The van der Waals surface area contributed by atoms with Gasteiger partial charge in [-0.2, -0.15) is 19.4 Å². The van der Waals surface area contributed by atoms with Crippen LogP contribution < -0.4 is 15.3 Å². The van der Waals surface area contributed by atoms with Crippen molar-refractivity contribution in [1.82, 2.24) is 24.6 Å². The van der Waals surface area contributed by atoms with Gasteiger partial charge in [-0.05, 0) is 63.1 Å². The lowest BCUT2D eigenvalue weighted by Gasteiger charge is -2.31. The van der Waals surface area contributed by atoms with Crippen molar-refractivity contribution in [2.24, 2.45) is 0 Å². The first-order valence-electron chi connectivity index (χ1n) is 21.8. The van der Waals surface area contributed by atoms with Gasteiger partial charge < -0.3 is 24.3 Å².